The van der Waals surface area contributed by atoms with Crippen LogP contribution in [0.25, 0.3) is 0 Å². The van der Waals surface area contributed by atoms with Gasteiger partial charge in [-0.2, -0.15) is 0 Å². The van der Waals surface area contributed by atoms with Gasteiger partial charge in [-0.3, -0.25) is 4.79 Å². The van der Waals surface area contributed by atoms with Crippen molar-refractivity contribution >= 4 is 17.6 Å². The van der Waals surface area contributed by atoms with E-state index in [-0.39, 0.29) is 12.5 Å². The number of esters is 1. The molecule has 1 aliphatic carbocycles. The monoisotopic (exact) mass is 276 g/mol. The van der Waals surface area contributed by atoms with Crippen molar-refractivity contribution in [1.29, 1.82) is 0 Å². The second-order valence-corrected chi connectivity index (χ2v) is 5.14. The largest absolute Gasteiger partial charge is 0.465 e. The number of carbonyl (C=O) groups is 2. The third-order valence-corrected chi connectivity index (χ3v) is 3.34. The topological polar surface area (TPSA) is 67.4 Å². The van der Waals surface area contributed by atoms with Crippen LogP contribution in [-0.2, 0) is 9.53 Å². The van der Waals surface area contributed by atoms with Gasteiger partial charge in [-0.1, -0.05) is 6.07 Å². The zero-order chi connectivity index (χ0) is 14.5. The van der Waals surface area contributed by atoms with Gasteiger partial charge in [0.05, 0.1) is 19.2 Å². The van der Waals surface area contributed by atoms with Crippen LogP contribution in [0.5, 0.6) is 0 Å². The summed E-state index contributed by atoms with van der Waals surface area (Å²) in [4.78, 5) is 23.3. The Kier molecular flexibility index (Phi) is 4.74. The van der Waals surface area contributed by atoms with E-state index in [1.54, 1.807) is 18.2 Å². The van der Waals surface area contributed by atoms with Crippen LogP contribution >= 0.6 is 0 Å². The summed E-state index contributed by atoms with van der Waals surface area (Å²) in [6.07, 6.45) is 2.52. The second kappa shape index (κ2) is 6.52. The van der Waals surface area contributed by atoms with E-state index in [1.165, 1.54) is 20.0 Å². The number of nitrogens with one attached hydrogen (secondary N) is 2. The first-order valence-corrected chi connectivity index (χ1v) is 6.79. The first kappa shape index (κ1) is 14.5. The van der Waals surface area contributed by atoms with E-state index in [0.717, 1.165) is 18.0 Å². The highest BCUT2D eigenvalue weighted by Gasteiger charge is 2.20. The summed E-state index contributed by atoms with van der Waals surface area (Å²) in [5.74, 6) is 0.240. The highest BCUT2D eigenvalue weighted by molar-refractivity contribution is 5.96. The van der Waals surface area contributed by atoms with Crippen molar-refractivity contribution in [2.24, 2.45) is 5.92 Å². The first-order valence-electron chi connectivity index (χ1n) is 6.79. The molecule has 1 aromatic carbocycles. The molecule has 1 aromatic rings. The van der Waals surface area contributed by atoms with Gasteiger partial charge in [0.1, 0.15) is 0 Å². The molecule has 0 spiro atoms. The zero-order valence-electron chi connectivity index (χ0n) is 11.9. The van der Waals surface area contributed by atoms with Gasteiger partial charge >= 0.3 is 5.97 Å². The summed E-state index contributed by atoms with van der Waals surface area (Å²) in [5.41, 5.74) is 1.90. The van der Waals surface area contributed by atoms with E-state index in [9.17, 15) is 9.59 Å². The molecule has 0 bridgehead atoms. The average Bonchev–Trinajstić information content (AvgIpc) is 3.24. The molecule has 1 saturated carbocycles. The summed E-state index contributed by atoms with van der Waals surface area (Å²) >= 11 is 0. The van der Waals surface area contributed by atoms with E-state index >= 15 is 0 Å². The molecule has 0 saturated heterocycles. The fourth-order valence-corrected chi connectivity index (χ4v) is 1.95. The molecule has 0 unspecified atom stereocenters. The molecular weight excluding hydrogens is 256 g/mol. The van der Waals surface area contributed by atoms with Crippen LogP contribution in [0.4, 0.5) is 5.69 Å². The minimum absolute atomic E-state index is 0.106. The summed E-state index contributed by atoms with van der Waals surface area (Å²) in [7, 11) is 1.34. The molecule has 5 heteroatoms. The van der Waals surface area contributed by atoms with Crippen LogP contribution in [0.15, 0.2) is 18.2 Å². The molecule has 0 aromatic heterocycles. The third kappa shape index (κ3) is 4.06. The SMILES string of the molecule is COC(=O)c1cc(NC(=O)CNCC2CC2)ccc1C. The number of anilines is 1. The second-order valence-electron chi connectivity index (χ2n) is 5.14. The summed E-state index contributed by atoms with van der Waals surface area (Å²) in [6.45, 7) is 3.02. The Balaban J connectivity index is 1.90. The molecule has 1 fully saturated rings. The van der Waals surface area contributed by atoms with Crippen molar-refractivity contribution in [3.63, 3.8) is 0 Å². The number of amides is 1. The van der Waals surface area contributed by atoms with Gasteiger partial charge < -0.3 is 15.4 Å². The van der Waals surface area contributed by atoms with E-state index < -0.39 is 5.97 Å². The van der Waals surface area contributed by atoms with E-state index in [2.05, 4.69) is 10.6 Å². The van der Waals surface area contributed by atoms with Gasteiger partial charge in [-0.15, -0.1) is 0 Å². The number of methoxy groups -OCH3 is 1. The Hall–Kier alpha value is -1.88. The zero-order valence-corrected chi connectivity index (χ0v) is 11.9. The Labute approximate surface area is 118 Å². The van der Waals surface area contributed by atoms with Crippen molar-refractivity contribution in [2.45, 2.75) is 19.8 Å². The maximum Gasteiger partial charge on any atom is 0.338 e. The smallest absolute Gasteiger partial charge is 0.338 e. The van der Waals surface area contributed by atoms with Crippen LogP contribution < -0.4 is 10.6 Å². The lowest BCUT2D eigenvalue weighted by molar-refractivity contribution is -0.115. The Morgan fingerprint density at radius 1 is 1.35 bits per heavy atom. The molecule has 0 heterocycles. The van der Waals surface area contributed by atoms with E-state index in [0.29, 0.717) is 11.3 Å². The summed E-state index contributed by atoms with van der Waals surface area (Å²) in [5, 5.41) is 5.90. The molecule has 1 amide bonds. The fraction of sp³-hybridized carbons (Fsp3) is 0.467. The predicted octanol–water partition coefficient (Wildman–Crippen LogP) is 1.72. The lowest BCUT2D eigenvalue weighted by atomic mass is 10.1. The molecule has 20 heavy (non-hydrogen) atoms. The van der Waals surface area contributed by atoms with Gasteiger partial charge in [0.2, 0.25) is 5.91 Å². The van der Waals surface area contributed by atoms with Gasteiger partial charge in [0.25, 0.3) is 0 Å². The molecule has 1 aliphatic rings. The van der Waals surface area contributed by atoms with Gasteiger partial charge in [-0.05, 0) is 49.9 Å². The van der Waals surface area contributed by atoms with Gasteiger partial charge in [0, 0.05) is 5.69 Å². The van der Waals surface area contributed by atoms with E-state index in [1.807, 2.05) is 6.92 Å². The molecule has 2 N–H and O–H groups in total. The minimum atomic E-state index is -0.398. The number of benzene rings is 1. The van der Waals surface area contributed by atoms with Crippen LogP contribution in [0.3, 0.4) is 0 Å². The molecule has 2 rings (SSSR count). The molecule has 0 atom stereocenters. The molecule has 108 valence electrons. The number of ether oxygens (including phenoxy) is 1. The van der Waals surface area contributed by atoms with Crippen molar-refractivity contribution < 1.29 is 14.3 Å². The number of aryl methyl sites for hydroxylation is 1. The number of carbonyl (C=O) groups excluding carboxylic acids is 2. The fourth-order valence-electron chi connectivity index (χ4n) is 1.95. The Morgan fingerprint density at radius 3 is 2.75 bits per heavy atom. The highest BCUT2D eigenvalue weighted by atomic mass is 16.5. The van der Waals surface area contributed by atoms with Crippen LogP contribution in [0, 0.1) is 12.8 Å². The number of rotatable bonds is 6. The lowest BCUT2D eigenvalue weighted by Crippen LogP contribution is -2.29. The molecule has 5 nitrogen and oxygen atoms in total. The van der Waals surface area contributed by atoms with Crippen molar-refractivity contribution in [3.05, 3.63) is 29.3 Å². The van der Waals surface area contributed by atoms with Gasteiger partial charge in [0.15, 0.2) is 0 Å². The number of hydrogen-bond donors (Lipinski definition) is 2. The van der Waals surface area contributed by atoms with Crippen LogP contribution in [-0.4, -0.2) is 32.1 Å². The lowest BCUT2D eigenvalue weighted by Gasteiger charge is -2.09. The van der Waals surface area contributed by atoms with E-state index in [4.69, 9.17) is 4.74 Å². The van der Waals surface area contributed by atoms with Crippen LogP contribution in [0.1, 0.15) is 28.8 Å². The van der Waals surface area contributed by atoms with Crippen LogP contribution in [0.2, 0.25) is 0 Å². The maximum absolute atomic E-state index is 11.8. The number of hydrogen-bond acceptors (Lipinski definition) is 4. The Bertz CT molecular complexity index is 510. The molecule has 0 radical (unpaired) electrons. The van der Waals surface area contributed by atoms with Crippen molar-refractivity contribution in [3.8, 4) is 0 Å². The molecule has 0 aliphatic heterocycles. The van der Waals surface area contributed by atoms with Crippen molar-refractivity contribution in [1.82, 2.24) is 5.32 Å². The quantitative estimate of drug-likeness (QED) is 0.776. The molecular formula is C15H20N2O3. The highest BCUT2D eigenvalue weighted by Crippen LogP contribution is 2.27. The average molecular weight is 276 g/mol. The maximum atomic E-state index is 11.8. The normalized spacial score (nSPS) is 13.9. The summed E-state index contributed by atoms with van der Waals surface area (Å²) in [6, 6.07) is 5.21. The first-order chi connectivity index (χ1) is 9.60. The standard InChI is InChI=1S/C15H20N2O3/c1-10-3-6-12(7-13(10)15(19)20-2)17-14(18)9-16-8-11-4-5-11/h3,6-7,11,16H,4-5,8-9H2,1-2H3,(H,17,18). The summed E-state index contributed by atoms with van der Waals surface area (Å²) < 4.78 is 4.71. The van der Waals surface area contributed by atoms with Crippen molar-refractivity contribution in [2.75, 3.05) is 25.5 Å². The Morgan fingerprint density at radius 2 is 2.10 bits per heavy atom. The predicted molar refractivity (Wildman–Crippen MR) is 76.7 cm³/mol. The van der Waals surface area contributed by atoms with Gasteiger partial charge in [-0.25, -0.2) is 4.79 Å². The minimum Gasteiger partial charge on any atom is -0.465 e. The third-order valence-electron chi connectivity index (χ3n) is 3.34.